The second-order valence-electron chi connectivity index (χ2n) is 7.92. The Kier molecular flexibility index (Phi) is 6.94. The normalized spacial score (nSPS) is 12.6. The van der Waals surface area contributed by atoms with Gasteiger partial charge in [-0.1, -0.05) is 54.4 Å². The van der Waals surface area contributed by atoms with Gasteiger partial charge in [0, 0.05) is 20.0 Å². The Hall–Kier alpha value is -0.530. The molecule has 0 aromatic rings. The predicted octanol–water partition coefficient (Wildman–Crippen LogP) is 4.49. The smallest absolute Gasteiger partial charge is 0.222 e. The minimum atomic E-state index is 0.0948. The van der Waals surface area contributed by atoms with Crippen LogP contribution in [-0.4, -0.2) is 24.4 Å². The lowest BCUT2D eigenvalue weighted by atomic mass is 9.89. The van der Waals surface area contributed by atoms with Gasteiger partial charge in [0.15, 0.2) is 0 Å². The van der Waals surface area contributed by atoms with Gasteiger partial charge in [-0.25, -0.2) is 0 Å². The number of carbonyl (C=O) groups excluding carboxylic acids is 1. The number of hydrogen-bond acceptors (Lipinski definition) is 1. The molecule has 0 rings (SSSR count). The number of hydrogen-bond donors (Lipinski definition) is 0. The Morgan fingerprint density at radius 1 is 0.889 bits per heavy atom. The number of nitrogens with zero attached hydrogens (tertiary/aromatic N) is 1. The molecule has 0 aromatic heterocycles. The molecule has 0 fully saturated rings. The number of rotatable bonds is 6. The minimum absolute atomic E-state index is 0.0948. The first-order valence-electron chi connectivity index (χ1n) is 7.25. The molecule has 1 amide bonds. The Bertz CT molecular complexity index is 245. The molecular weight excluding hydrogens is 222 g/mol. The molecule has 0 radical (unpaired) electrons. The summed E-state index contributed by atoms with van der Waals surface area (Å²) in [7, 11) is 1.93. The van der Waals surface area contributed by atoms with Crippen molar-refractivity contribution in [3.05, 3.63) is 0 Å². The van der Waals surface area contributed by atoms with Crippen LogP contribution >= 0.6 is 0 Å². The molecule has 0 aromatic carbocycles. The first-order chi connectivity index (χ1) is 8.01. The molecular formula is C16H33NO. The van der Waals surface area contributed by atoms with Crippen molar-refractivity contribution in [2.45, 2.75) is 73.6 Å². The van der Waals surface area contributed by atoms with E-state index in [0.717, 1.165) is 13.0 Å². The van der Waals surface area contributed by atoms with Crippen molar-refractivity contribution in [1.29, 1.82) is 0 Å². The lowest BCUT2D eigenvalue weighted by molar-refractivity contribution is -0.131. The maximum absolute atomic E-state index is 11.9. The third kappa shape index (κ3) is 10.6. The van der Waals surface area contributed by atoms with Crippen LogP contribution in [0, 0.1) is 10.8 Å². The van der Waals surface area contributed by atoms with Gasteiger partial charge in [-0.3, -0.25) is 4.79 Å². The van der Waals surface area contributed by atoms with E-state index in [1.807, 2.05) is 11.9 Å². The highest BCUT2D eigenvalue weighted by Crippen LogP contribution is 2.22. The third-order valence-corrected chi connectivity index (χ3v) is 3.03. The molecule has 0 aliphatic carbocycles. The summed E-state index contributed by atoms with van der Waals surface area (Å²) < 4.78 is 0. The van der Waals surface area contributed by atoms with Crippen molar-refractivity contribution in [2.24, 2.45) is 10.8 Å². The summed E-state index contributed by atoms with van der Waals surface area (Å²) in [5.41, 5.74) is 0.533. The Labute approximate surface area is 114 Å². The van der Waals surface area contributed by atoms with Crippen molar-refractivity contribution >= 4 is 5.91 Å². The second-order valence-corrected chi connectivity index (χ2v) is 7.92. The van der Waals surface area contributed by atoms with Crippen LogP contribution in [-0.2, 0) is 4.79 Å². The van der Waals surface area contributed by atoms with Gasteiger partial charge in [-0.05, 0) is 23.7 Å². The fourth-order valence-electron chi connectivity index (χ4n) is 1.89. The lowest BCUT2D eigenvalue weighted by Gasteiger charge is -2.23. The van der Waals surface area contributed by atoms with E-state index in [0.29, 0.717) is 11.8 Å². The molecule has 0 atom stereocenters. The molecule has 0 saturated carbocycles. The molecule has 18 heavy (non-hydrogen) atoms. The van der Waals surface area contributed by atoms with E-state index in [2.05, 4.69) is 41.5 Å². The van der Waals surface area contributed by atoms with Gasteiger partial charge in [-0.2, -0.15) is 0 Å². The van der Waals surface area contributed by atoms with Crippen molar-refractivity contribution < 1.29 is 4.79 Å². The summed E-state index contributed by atoms with van der Waals surface area (Å²) >= 11 is 0. The average Bonchev–Trinajstić information content (AvgIpc) is 2.12. The largest absolute Gasteiger partial charge is 0.346 e. The third-order valence-electron chi connectivity index (χ3n) is 3.03. The van der Waals surface area contributed by atoms with Gasteiger partial charge < -0.3 is 4.90 Å². The molecule has 0 aliphatic heterocycles. The zero-order chi connectivity index (χ0) is 14.4. The Morgan fingerprint density at radius 3 is 1.89 bits per heavy atom. The first kappa shape index (κ1) is 17.5. The molecule has 2 heteroatoms. The number of carbonyl (C=O) groups is 1. The van der Waals surface area contributed by atoms with Crippen LogP contribution in [0.5, 0.6) is 0 Å². The van der Waals surface area contributed by atoms with Crippen molar-refractivity contribution in [2.75, 3.05) is 13.6 Å². The van der Waals surface area contributed by atoms with Gasteiger partial charge in [0.1, 0.15) is 0 Å². The zero-order valence-corrected chi connectivity index (χ0v) is 13.6. The lowest BCUT2D eigenvalue weighted by Crippen LogP contribution is -2.30. The molecule has 0 bridgehead atoms. The average molecular weight is 255 g/mol. The van der Waals surface area contributed by atoms with E-state index in [1.165, 1.54) is 19.3 Å². The maximum Gasteiger partial charge on any atom is 0.222 e. The van der Waals surface area contributed by atoms with Crippen molar-refractivity contribution in [3.8, 4) is 0 Å². The number of amides is 1. The summed E-state index contributed by atoms with van der Waals surface area (Å²) in [6.07, 6.45) is 5.54. The van der Waals surface area contributed by atoms with Crippen LogP contribution in [0.15, 0.2) is 0 Å². The van der Waals surface area contributed by atoms with Gasteiger partial charge in [0.05, 0.1) is 0 Å². The molecule has 0 unspecified atom stereocenters. The summed E-state index contributed by atoms with van der Waals surface area (Å²) in [5, 5.41) is 0. The highest BCUT2D eigenvalue weighted by molar-refractivity contribution is 5.76. The second kappa shape index (κ2) is 7.16. The molecule has 0 heterocycles. The van der Waals surface area contributed by atoms with Gasteiger partial charge in [0.2, 0.25) is 5.91 Å². The fraction of sp³-hybridized carbons (Fsp3) is 0.938. The van der Waals surface area contributed by atoms with Crippen LogP contribution in [0.1, 0.15) is 73.6 Å². The molecule has 0 spiro atoms. The van der Waals surface area contributed by atoms with Crippen molar-refractivity contribution in [1.82, 2.24) is 4.90 Å². The van der Waals surface area contributed by atoms with E-state index >= 15 is 0 Å². The topological polar surface area (TPSA) is 20.3 Å². The standard InChI is InChI=1S/C16H33NO/c1-15(2,3)11-9-8-10-12-17(7)14(18)13-16(4,5)6/h8-13H2,1-7H3. The highest BCUT2D eigenvalue weighted by Gasteiger charge is 2.18. The van der Waals surface area contributed by atoms with E-state index in [9.17, 15) is 4.79 Å². The molecule has 0 N–H and O–H groups in total. The van der Waals surface area contributed by atoms with Crippen LogP contribution in [0.2, 0.25) is 0 Å². The van der Waals surface area contributed by atoms with Gasteiger partial charge >= 0.3 is 0 Å². The van der Waals surface area contributed by atoms with Gasteiger partial charge in [0.25, 0.3) is 0 Å². The van der Waals surface area contributed by atoms with Crippen LogP contribution in [0.25, 0.3) is 0 Å². The molecule has 0 aliphatic rings. The summed E-state index contributed by atoms with van der Waals surface area (Å²) in [5.74, 6) is 0.276. The quantitative estimate of drug-likeness (QED) is 0.640. The zero-order valence-electron chi connectivity index (χ0n) is 13.6. The highest BCUT2D eigenvalue weighted by atomic mass is 16.2. The maximum atomic E-state index is 11.9. The van der Waals surface area contributed by atoms with E-state index in [-0.39, 0.29) is 11.3 Å². The van der Waals surface area contributed by atoms with E-state index in [4.69, 9.17) is 0 Å². The fourth-order valence-corrected chi connectivity index (χ4v) is 1.89. The monoisotopic (exact) mass is 255 g/mol. The molecule has 2 nitrogen and oxygen atoms in total. The Balaban J connectivity index is 3.71. The summed E-state index contributed by atoms with van der Waals surface area (Å²) in [6.45, 7) is 14.1. The van der Waals surface area contributed by atoms with Crippen LogP contribution < -0.4 is 0 Å². The van der Waals surface area contributed by atoms with E-state index in [1.54, 1.807) is 0 Å². The van der Waals surface area contributed by atoms with Gasteiger partial charge in [-0.15, -0.1) is 0 Å². The van der Waals surface area contributed by atoms with Crippen molar-refractivity contribution in [3.63, 3.8) is 0 Å². The number of unbranched alkanes of at least 4 members (excludes halogenated alkanes) is 2. The SMILES string of the molecule is CN(CCCCCC(C)(C)C)C(=O)CC(C)(C)C. The van der Waals surface area contributed by atoms with Crippen LogP contribution in [0.4, 0.5) is 0 Å². The molecule has 0 saturated heterocycles. The van der Waals surface area contributed by atoms with Crippen LogP contribution in [0.3, 0.4) is 0 Å². The predicted molar refractivity (Wildman–Crippen MR) is 79.6 cm³/mol. The first-order valence-corrected chi connectivity index (χ1v) is 7.25. The Morgan fingerprint density at radius 2 is 1.44 bits per heavy atom. The summed E-state index contributed by atoms with van der Waals surface area (Å²) in [4.78, 5) is 13.8. The molecule has 108 valence electrons. The van der Waals surface area contributed by atoms with E-state index < -0.39 is 0 Å². The minimum Gasteiger partial charge on any atom is -0.346 e. The summed E-state index contributed by atoms with van der Waals surface area (Å²) in [6, 6.07) is 0.